The third kappa shape index (κ3) is 2.46. The largest absolute Gasteiger partial charge is 0.459 e. The van der Waals surface area contributed by atoms with Crippen molar-refractivity contribution in [2.75, 3.05) is 6.79 Å². The molecule has 0 atom stereocenters. The van der Waals surface area contributed by atoms with Gasteiger partial charge in [-0.3, -0.25) is 4.79 Å². The van der Waals surface area contributed by atoms with Crippen molar-refractivity contribution in [3.05, 3.63) is 46.9 Å². The Morgan fingerprint density at radius 2 is 2.15 bits per heavy atom. The van der Waals surface area contributed by atoms with Crippen LogP contribution in [0.2, 0.25) is 5.02 Å². The van der Waals surface area contributed by atoms with E-state index in [9.17, 15) is 4.79 Å². The summed E-state index contributed by atoms with van der Waals surface area (Å²) in [5.74, 6) is 0.919. The van der Waals surface area contributed by atoms with E-state index in [0.29, 0.717) is 22.1 Å². The minimum absolute atomic E-state index is 0.168. The van der Waals surface area contributed by atoms with Gasteiger partial charge in [-0.25, -0.2) is 5.43 Å². The molecule has 102 valence electrons. The first-order valence-corrected chi connectivity index (χ1v) is 6.08. The first-order valence-electron chi connectivity index (χ1n) is 5.70. The van der Waals surface area contributed by atoms with E-state index < -0.39 is 5.91 Å². The molecular weight excluding hydrogens is 284 g/mol. The Hall–Kier alpha value is -2.47. The van der Waals surface area contributed by atoms with Gasteiger partial charge in [0.1, 0.15) is 0 Å². The zero-order valence-corrected chi connectivity index (χ0v) is 10.9. The molecule has 1 aromatic heterocycles. The number of benzene rings is 1. The van der Waals surface area contributed by atoms with Crippen molar-refractivity contribution in [2.45, 2.75) is 0 Å². The van der Waals surface area contributed by atoms with Gasteiger partial charge in [0.05, 0.1) is 17.5 Å². The number of ether oxygens (including phenoxy) is 2. The smallest absolute Gasteiger partial charge is 0.307 e. The van der Waals surface area contributed by atoms with Crippen LogP contribution < -0.4 is 14.9 Å². The second kappa shape index (κ2) is 5.26. The summed E-state index contributed by atoms with van der Waals surface area (Å²) in [7, 11) is 0. The third-order valence-electron chi connectivity index (χ3n) is 2.61. The van der Waals surface area contributed by atoms with E-state index >= 15 is 0 Å². The number of hydrogen-bond acceptors (Lipinski definition) is 5. The summed E-state index contributed by atoms with van der Waals surface area (Å²) in [6, 6.07) is 6.48. The minimum atomic E-state index is -0.442. The maximum atomic E-state index is 11.6. The standard InChI is InChI=1S/C13H9ClN2O4/c14-9-5-12-11(19-7-20-12)4-8(9)6-15-16-13(17)10-2-1-3-18-10/h1-6H,7H2,(H,16,17)/b15-6-. The first-order chi connectivity index (χ1) is 9.74. The summed E-state index contributed by atoms with van der Waals surface area (Å²) >= 11 is 6.06. The third-order valence-corrected chi connectivity index (χ3v) is 2.93. The predicted molar refractivity (Wildman–Crippen MR) is 71.3 cm³/mol. The van der Waals surface area contributed by atoms with E-state index in [1.807, 2.05) is 0 Å². The molecule has 7 heteroatoms. The van der Waals surface area contributed by atoms with Crippen molar-refractivity contribution < 1.29 is 18.7 Å². The van der Waals surface area contributed by atoms with E-state index in [1.165, 1.54) is 12.5 Å². The summed E-state index contributed by atoms with van der Waals surface area (Å²) in [5.41, 5.74) is 2.94. The number of rotatable bonds is 3. The molecule has 1 aliphatic heterocycles. The molecule has 0 saturated heterocycles. The minimum Gasteiger partial charge on any atom is -0.459 e. The lowest BCUT2D eigenvalue weighted by Crippen LogP contribution is -2.16. The van der Waals surface area contributed by atoms with Gasteiger partial charge in [-0.05, 0) is 18.2 Å². The molecule has 0 saturated carbocycles. The van der Waals surface area contributed by atoms with E-state index in [-0.39, 0.29) is 12.6 Å². The molecular formula is C13H9ClN2O4. The number of nitrogens with zero attached hydrogens (tertiary/aromatic N) is 1. The summed E-state index contributed by atoms with van der Waals surface area (Å²) in [5, 5.41) is 4.27. The van der Waals surface area contributed by atoms with E-state index in [4.69, 9.17) is 25.5 Å². The molecule has 3 rings (SSSR count). The highest BCUT2D eigenvalue weighted by molar-refractivity contribution is 6.33. The number of hydrogen-bond donors (Lipinski definition) is 1. The molecule has 2 heterocycles. The molecule has 2 aromatic rings. The van der Waals surface area contributed by atoms with Crippen molar-refractivity contribution in [1.82, 2.24) is 5.43 Å². The highest BCUT2D eigenvalue weighted by Crippen LogP contribution is 2.36. The fourth-order valence-corrected chi connectivity index (χ4v) is 1.86. The van der Waals surface area contributed by atoms with Crippen LogP contribution in [0.15, 0.2) is 40.0 Å². The van der Waals surface area contributed by atoms with Crippen LogP contribution in [0.4, 0.5) is 0 Å². The van der Waals surface area contributed by atoms with Crippen LogP contribution in [0.3, 0.4) is 0 Å². The molecule has 1 N–H and O–H groups in total. The van der Waals surface area contributed by atoms with Crippen LogP contribution in [0.1, 0.15) is 16.1 Å². The number of fused-ring (bicyclic) bond motifs is 1. The van der Waals surface area contributed by atoms with Gasteiger partial charge in [-0.15, -0.1) is 0 Å². The van der Waals surface area contributed by atoms with Gasteiger partial charge < -0.3 is 13.9 Å². The van der Waals surface area contributed by atoms with Crippen molar-refractivity contribution in [3.8, 4) is 11.5 Å². The fourth-order valence-electron chi connectivity index (χ4n) is 1.66. The Labute approximate surface area is 118 Å². The van der Waals surface area contributed by atoms with Crippen LogP contribution in [-0.2, 0) is 0 Å². The number of furan rings is 1. The molecule has 0 radical (unpaired) electrons. The molecule has 1 aromatic carbocycles. The van der Waals surface area contributed by atoms with E-state index in [1.54, 1.807) is 24.3 Å². The van der Waals surface area contributed by atoms with Gasteiger partial charge in [0.15, 0.2) is 17.3 Å². The molecule has 0 aliphatic carbocycles. The molecule has 0 fully saturated rings. The Bertz CT molecular complexity index is 667. The van der Waals surface area contributed by atoms with Crippen LogP contribution in [0.25, 0.3) is 0 Å². The van der Waals surface area contributed by atoms with Gasteiger partial charge in [-0.1, -0.05) is 11.6 Å². The lowest BCUT2D eigenvalue weighted by atomic mass is 10.2. The van der Waals surface area contributed by atoms with Gasteiger partial charge in [0, 0.05) is 11.6 Å². The summed E-state index contributed by atoms with van der Waals surface area (Å²) in [6.45, 7) is 0.168. The lowest BCUT2D eigenvalue weighted by Gasteiger charge is -2.01. The number of amides is 1. The number of carbonyl (C=O) groups excluding carboxylic acids is 1. The van der Waals surface area contributed by atoms with Crippen LogP contribution in [-0.4, -0.2) is 18.9 Å². The number of nitrogens with one attached hydrogen (secondary N) is 1. The maximum absolute atomic E-state index is 11.6. The van der Waals surface area contributed by atoms with Crippen molar-refractivity contribution in [2.24, 2.45) is 5.10 Å². The highest BCUT2D eigenvalue weighted by Gasteiger charge is 2.15. The first kappa shape index (κ1) is 12.6. The van der Waals surface area contributed by atoms with Gasteiger partial charge in [0.2, 0.25) is 6.79 Å². The second-order valence-corrected chi connectivity index (χ2v) is 4.31. The fraction of sp³-hybridized carbons (Fsp3) is 0.0769. The van der Waals surface area contributed by atoms with Gasteiger partial charge in [-0.2, -0.15) is 5.10 Å². The maximum Gasteiger partial charge on any atom is 0.307 e. The van der Waals surface area contributed by atoms with Crippen molar-refractivity contribution in [1.29, 1.82) is 0 Å². The second-order valence-electron chi connectivity index (χ2n) is 3.90. The lowest BCUT2D eigenvalue weighted by molar-refractivity contribution is 0.0927. The Balaban J connectivity index is 1.72. The van der Waals surface area contributed by atoms with E-state index in [0.717, 1.165) is 0 Å². The Morgan fingerprint density at radius 1 is 1.35 bits per heavy atom. The van der Waals surface area contributed by atoms with Crippen LogP contribution in [0.5, 0.6) is 11.5 Å². The zero-order valence-electron chi connectivity index (χ0n) is 10.1. The van der Waals surface area contributed by atoms with Crippen LogP contribution >= 0.6 is 11.6 Å². The number of halogens is 1. The van der Waals surface area contributed by atoms with Crippen LogP contribution in [0, 0.1) is 0 Å². The molecule has 0 bridgehead atoms. The molecule has 1 amide bonds. The van der Waals surface area contributed by atoms with Crippen molar-refractivity contribution >= 4 is 23.7 Å². The summed E-state index contributed by atoms with van der Waals surface area (Å²) in [6.07, 6.45) is 2.83. The van der Waals surface area contributed by atoms with Crippen molar-refractivity contribution in [3.63, 3.8) is 0 Å². The number of hydrazone groups is 1. The van der Waals surface area contributed by atoms with Gasteiger partial charge in [0.25, 0.3) is 0 Å². The monoisotopic (exact) mass is 292 g/mol. The Morgan fingerprint density at radius 3 is 2.90 bits per heavy atom. The normalized spacial score (nSPS) is 12.8. The molecule has 0 spiro atoms. The zero-order chi connectivity index (χ0) is 13.9. The number of carbonyl (C=O) groups is 1. The average molecular weight is 293 g/mol. The predicted octanol–water partition coefficient (Wildman–Crippen LogP) is 2.43. The quantitative estimate of drug-likeness (QED) is 0.696. The molecule has 0 unspecified atom stereocenters. The topological polar surface area (TPSA) is 73.1 Å². The van der Waals surface area contributed by atoms with E-state index in [2.05, 4.69) is 10.5 Å². The molecule has 6 nitrogen and oxygen atoms in total. The average Bonchev–Trinajstić information content (AvgIpc) is 3.08. The van der Waals surface area contributed by atoms with Gasteiger partial charge >= 0.3 is 5.91 Å². The molecule has 1 aliphatic rings. The SMILES string of the molecule is O=C(N/N=C\c1cc2c(cc1Cl)OCO2)c1ccco1. The Kier molecular flexibility index (Phi) is 3.30. The highest BCUT2D eigenvalue weighted by atomic mass is 35.5. The summed E-state index contributed by atoms with van der Waals surface area (Å²) in [4.78, 5) is 11.6. The summed E-state index contributed by atoms with van der Waals surface area (Å²) < 4.78 is 15.4. The molecule has 20 heavy (non-hydrogen) atoms.